The first-order valence-electron chi connectivity index (χ1n) is 6.57. The average Bonchev–Trinajstić information content (AvgIpc) is 2.94. The van der Waals surface area contributed by atoms with Crippen molar-refractivity contribution in [2.45, 2.75) is 25.4 Å². The van der Waals surface area contributed by atoms with E-state index in [-0.39, 0.29) is 5.78 Å². The molecule has 0 N–H and O–H groups in total. The Balaban J connectivity index is 2.08. The van der Waals surface area contributed by atoms with Crippen LogP contribution in [0.15, 0.2) is 30.6 Å². The number of hydrogen-bond acceptors (Lipinski definition) is 4. The molecule has 1 unspecified atom stereocenters. The van der Waals surface area contributed by atoms with Gasteiger partial charge in [-0.05, 0) is 37.6 Å². The van der Waals surface area contributed by atoms with Gasteiger partial charge in [0.15, 0.2) is 11.4 Å². The van der Waals surface area contributed by atoms with E-state index in [2.05, 4.69) is 5.10 Å². The van der Waals surface area contributed by atoms with Gasteiger partial charge in [-0.2, -0.15) is 5.10 Å². The SMILES string of the molecule is CC1(C)OC(=O)C(c2cc(-n3cc(Cl)cn3)ccc2Cl)C1=O. The molecule has 1 atom stereocenters. The molecule has 1 saturated heterocycles. The molecule has 1 aromatic carbocycles. The van der Waals surface area contributed by atoms with Crippen molar-refractivity contribution < 1.29 is 14.3 Å². The van der Waals surface area contributed by atoms with Crippen LogP contribution in [0.25, 0.3) is 5.69 Å². The van der Waals surface area contributed by atoms with Crippen LogP contribution < -0.4 is 0 Å². The molecule has 1 aliphatic heterocycles. The molecule has 1 aliphatic rings. The molecular weight excluding hydrogens is 327 g/mol. The second-order valence-electron chi connectivity index (χ2n) is 5.54. The lowest BCUT2D eigenvalue weighted by Crippen LogP contribution is -2.29. The molecule has 3 rings (SSSR count). The van der Waals surface area contributed by atoms with Crippen LogP contribution in [0.2, 0.25) is 10.0 Å². The maximum absolute atomic E-state index is 12.4. The minimum atomic E-state index is -1.14. The Hall–Kier alpha value is -1.85. The van der Waals surface area contributed by atoms with Gasteiger partial charge >= 0.3 is 5.97 Å². The third-order valence-corrected chi connectivity index (χ3v) is 4.09. The number of carbonyl (C=O) groups is 2. The van der Waals surface area contributed by atoms with E-state index in [4.69, 9.17) is 27.9 Å². The predicted octanol–water partition coefficient (Wildman–Crippen LogP) is 3.17. The van der Waals surface area contributed by atoms with Crippen molar-refractivity contribution in [3.63, 3.8) is 0 Å². The molecule has 0 spiro atoms. The van der Waals surface area contributed by atoms with Crippen LogP contribution in [0.3, 0.4) is 0 Å². The van der Waals surface area contributed by atoms with Gasteiger partial charge in [-0.25, -0.2) is 4.68 Å². The number of nitrogens with zero attached hydrogens (tertiary/aromatic N) is 2. The lowest BCUT2D eigenvalue weighted by Gasteiger charge is -2.14. The Morgan fingerprint density at radius 1 is 1.27 bits per heavy atom. The zero-order valence-electron chi connectivity index (χ0n) is 11.8. The van der Waals surface area contributed by atoms with E-state index in [1.165, 1.54) is 10.9 Å². The number of benzene rings is 1. The molecule has 2 aromatic rings. The van der Waals surface area contributed by atoms with Crippen molar-refractivity contribution in [1.82, 2.24) is 9.78 Å². The van der Waals surface area contributed by atoms with E-state index in [1.54, 1.807) is 38.2 Å². The fourth-order valence-electron chi connectivity index (χ4n) is 2.42. The van der Waals surface area contributed by atoms with Gasteiger partial charge in [-0.15, -0.1) is 0 Å². The molecule has 1 aromatic heterocycles. The largest absolute Gasteiger partial charge is 0.451 e. The van der Waals surface area contributed by atoms with Gasteiger partial charge in [-0.3, -0.25) is 9.59 Å². The summed E-state index contributed by atoms with van der Waals surface area (Å²) in [5.41, 5.74) is -0.0845. The monoisotopic (exact) mass is 338 g/mol. The smallest absolute Gasteiger partial charge is 0.322 e. The Bertz CT molecular complexity index is 783. The van der Waals surface area contributed by atoms with Crippen molar-refractivity contribution >= 4 is 35.0 Å². The Kier molecular flexibility index (Phi) is 3.50. The summed E-state index contributed by atoms with van der Waals surface area (Å²) in [7, 11) is 0. The van der Waals surface area contributed by atoms with Gasteiger partial charge in [0.05, 0.1) is 16.9 Å². The average molecular weight is 339 g/mol. The van der Waals surface area contributed by atoms with E-state index in [0.717, 1.165) is 0 Å². The lowest BCUT2D eigenvalue weighted by molar-refractivity contribution is -0.148. The Labute approximate surface area is 136 Å². The van der Waals surface area contributed by atoms with E-state index in [9.17, 15) is 9.59 Å². The maximum atomic E-state index is 12.4. The first kappa shape index (κ1) is 15.1. The standard InChI is InChI=1S/C15H12Cl2N2O3/c1-15(2)13(20)12(14(21)22-15)10-5-9(3-4-11(10)17)19-7-8(16)6-18-19/h3-7,12H,1-2H3. The van der Waals surface area contributed by atoms with Crippen molar-refractivity contribution in [1.29, 1.82) is 0 Å². The molecule has 5 nitrogen and oxygen atoms in total. The summed E-state index contributed by atoms with van der Waals surface area (Å²) in [6.45, 7) is 3.14. The number of aromatic nitrogens is 2. The van der Waals surface area contributed by atoms with Crippen molar-refractivity contribution in [3.05, 3.63) is 46.2 Å². The highest BCUT2D eigenvalue weighted by atomic mass is 35.5. The maximum Gasteiger partial charge on any atom is 0.322 e. The second kappa shape index (κ2) is 5.11. The highest BCUT2D eigenvalue weighted by Gasteiger charge is 2.50. The van der Waals surface area contributed by atoms with Crippen LogP contribution in [0.1, 0.15) is 25.3 Å². The summed E-state index contributed by atoms with van der Waals surface area (Å²) in [4.78, 5) is 24.5. The molecule has 0 radical (unpaired) electrons. The number of hydrogen-bond donors (Lipinski definition) is 0. The van der Waals surface area contributed by atoms with Crippen LogP contribution in [0.4, 0.5) is 0 Å². The minimum Gasteiger partial charge on any atom is -0.451 e. The molecule has 114 valence electrons. The molecule has 0 bridgehead atoms. The molecule has 1 fully saturated rings. The van der Waals surface area contributed by atoms with Crippen LogP contribution in [0.5, 0.6) is 0 Å². The zero-order valence-corrected chi connectivity index (χ0v) is 13.4. The van der Waals surface area contributed by atoms with Crippen molar-refractivity contribution in [2.24, 2.45) is 0 Å². The first-order valence-corrected chi connectivity index (χ1v) is 7.32. The molecule has 7 heteroatoms. The third kappa shape index (κ3) is 2.40. The summed E-state index contributed by atoms with van der Waals surface area (Å²) in [5.74, 6) is -1.92. The Morgan fingerprint density at radius 3 is 2.55 bits per heavy atom. The van der Waals surface area contributed by atoms with Crippen LogP contribution >= 0.6 is 23.2 Å². The number of cyclic esters (lactones) is 1. The van der Waals surface area contributed by atoms with Gasteiger partial charge in [-0.1, -0.05) is 23.2 Å². The van der Waals surface area contributed by atoms with Crippen molar-refractivity contribution in [2.75, 3.05) is 0 Å². The van der Waals surface area contributed by atoms with Gasteiger partial charge in [0.1, 0.15) is 5.92 Å². The highest BCUT2D eigenvalue weighted by Crippen LogP contribution is 2.37. The van der Waals surface area contributed by atoms with E-state index >= 15 is 0 Å². The second-order valence-corrected chi connectivity index (χ2v) is 6.38. The molecular formula is C15H12Cl2N2O3. The number of esters is 1. The number of carbonyl (C=O) groups excluding carboxylic acids is 2. The van der Waals surface area contributed by atoms with Crippen LogP contribution in [-0.4, -0.2) is 27.1 Å². The number of ketones is 1. The summed E-state index contributed by atoms with van der Waals surface area (Å²) in [6, 6.07) is 5.00. The number of ether oxygens (including phenoxy) is 1. The Morgan fingerprint density at radius 2 is 2.00 bits per heavy atom. The summed E-state index contributed by atoms with van der Waals surface area (Å²) >= 11 is 12.0. The number of halogens is 2. The predicted molar refractivity (Wildman–Crippen MR) is 81.5 cm³/mol. The molecule has 0 amide bonds. The molecule has 0 aliphatic carbocycles. The number of rotatable bonds is 2. The lowest BCUT2D eigenvalue weighted by atomic mass is 9.89. The first-order chi connectivity index (χ1) is 10.3. The third-order valence-electron chi connectivity index (χ3n) is 3.55. The van der Waals surface area contributed by atoms with Crippen LogP contribution in [0, 0.1) is 0 Å². The topological polar surface area (TPSA) is 61.2 Å². The van der Waals surface area contributed by atoms with Gasteiger partial charge in [0.25, 0.3) is 0 Å². The minimum absolute atomic E-state index is 0.310. The van der Waals surface area contributed by atoms with Gasteiger partial charge in [0.2, 0.25) is 0 Å². The molecule has 2 heterocycles. The van der Waals surface area contributed by atoms with E-state index in [0.29, 0.717) is 21.3 Å². The fourth-order valence-corrected chi connectivity index (χ4v) is 2.78. The van der Waals surface area contributed by atoms with Gasteiger partial charge in [0, 0.05) is 11.2 Å². The van der Waals surface area contributed by atoms with Crippen LogP contribution in [-0.2, 0) is 14.3 Å². The summed E-state index contributed by atoms with van der Waals surface area (Å²) < 4.78 is 6.68. The molecule has 0 saturated carbocycles. The van der Waals surface area contributed by atoms with Crippen molar-refractivity contribution in [3.8, 4) is 5.69 Å². The van der Waals surface area contributed by atoms with E-state index in [1.807, 2.05) is 0 Å². The summed E-state index contributed by atoms with van der Waals surface area (Å²) in [6.07, 6.45) is 3.11. The van der Waals surface area contributed by atoms with E-state index < -0.39 is 17.5 Å². The fraction of sp³-hybridized carbons (Fsp3) is 0.267. The number of Topliss-reactive ketones (excluding diaryl/α,β-unsaturated/α-hetero) is 1. The highest BCUT2D eigenvalue weighted by molar-refractivity contribution is 6.32. The quantitative estimate of drug-likeness (QED) is 0.623. The van der Waals surface area contributed by atoms with Gasteiger partial charge < -0.3 is 4.74 Å². The zero-order chi connectivity index (χ0) is 16.1. The summed E-state index contributed by atoms with van der Waals surface area (Å²) in [5, 5.41) is 4.90. The normalized spacial score (nSPS) is 20.3. The molecule has 22 heavy (non-hydrogen) atoms.